The van der Waals surface area contributed by atoms with Crippen molar-refractivity contribution in [1.82, 2.24) is 15.5 Å². The molecular weight excluding hydrogens is 234 g/mol. The summed E-state index contributed by atoms with van der Waals surface area (Å²) in [5, 5.41) is 7.17. The van der Waals surface area contributed by atoms with Crippen molar-refractivity contribution < 1.29 is 14.0 Å². The van der Waals surface area contributed by atoms with Crippen molar-refractivity contribution in [3.63, 3.8) is 0 Å². The summed E-state index contributed by atoms with van der Waals surface area (Å²) < 4.78 is 16.3. The van der Waals surface area contributed by atoms with Gasteiger partial charge >= 0.3 is 0 Å². The Labute approximate surface area is 106 Å². The maximum absolute atomic E-state index is 5.75. The molecule has 2 aliphatic heterocycles. The van der Waals surface area contributed by atoms with Gasteiger partial charge in [-0.2, -0.15) is 4.98 Å². The number of rotatable bonds is 5. The molecule has 0 aromatic carbocycles. The number of nitrogens with one attached hydrogen (secondary N) is 1. The molecule has 0 saturated carbocycles. The molecule has 0 spiro atoms. The quantitative estimate of drug-likeness (QED) is 0.825. The minimum Gasteiger partial charge on any atom is -0.381 e. The van der Waals surface area contributed by atoms with Gasteiger partial charge in [0.2, 0.25) is 0 Å². The van der Waals surface area contributed by atoms with Crippen molar-refractivity contribution in [3.8, 4) is 0 Å². The molecule has 0 aliphatic carbocycles. The van der Waals surface area contributed by atoms with E-state index >= 15 is 0 Å². The van der Waals surface area contributed by atoms with E-state index in [0.29, 0.717) is 18.4 Å². The maximum atomic E-state index is 5.75. The monoisotopic (exact) mass is 253 g/mol. The fourth-order valence-electron chi connectivity index (χ4n) is 2.25. The summed E-state index contributed by atoms with van der Waals surface area (Å²) in [7, 11) is 0. The van der Waals surface area contributed by atoms with Crippen LogP contribution >= 0.6 is 0 Å². The zero-order valence-electron chi connectivity index (χ0n) is 10.6. The number of nitrogens with zero attached hydrogens (tertiary/aromatic N) is 2. The molecule has 2 aliphatic rings. The van der Waals surface area contributed by atoms with E-state index in [-0.39, 0.29) is 5.60 Å². The standard InChI is InChI=1S/C12H19N3O3/c1-12(7-13-8-12)17-6-11-14-10(15-18-11)4-9-2-3-16-5-9/h9,13H,2-8H2,1H3. The molecule has 6 heteroatoms. The topological polar surface area (TPSA) is 69.4 Å². The van der Waals surface area contributed by atoms with Crippen LogP contribution in [0, 0.1) is 5.92 Å². The Kier molecular flexibility index (Phi) is 3.32. The first kappa shape index (κ1) is 12.1. The summed E-state index contributed by atoms with van der Waals surface area (Å²) in [6.45, 7) is 5.90. The third kappa shape index (κ3) is 2.71. The average molecular weight is 253 g/mol. The van der Waals surface area contributed by atoms with E-state index in [1.54, 1.807) is 0 Å². The average Bonchev–Trinajstić information content (AvgIpc) is 2.96. The molecule has 100 valence electrons. The first-order valence-electron chi connectivity index (χ1n) is 6.47. The lowest BCUT2D eigenvalue weighted by molar-refractivity contribution is -0.0841. The Morgan fingerprint density at radius 3 is 3.06 bits per heavy atom. The SMILES string of the molecule is CC1(OCc2nc(CC3CCOC3)no2)CNC1. The first-order chi connectivity index (χ1) is 8.73. The summed E-state index contributed by atoms with van der Waals surface area (Å²) in [5.41, 5.74) is -0.0755. The van der Waals surface area contributed by atoms with Crippen LogP contribution in [0.4, 0.5) is 0 Å². The van der Waals surface area contributed by atoms with Crippen LogP contribution < -0.4 is 5.32 Å². The molecule has 3 rings (SSSR count). The summed E-state index contributed by atoms with van der Waals surface area (Å²) >= 11 is 0. The largest absolute Gasteiger partial charge is 0.381 e. The second-order valence-corrected chi connectivity index (χ2v) is 5.38. The molecular formula is C12H19N3O3. The summed E-state index contributed by atoms with van der Waals surface area (Å²) in [4.78, 5) is 4.36. The highest BCUT2D eigenvalue weighted by molar-refractivity contribution is 4.92. The highest BCUT2D eigenvalue weighted by Gasteiger charge is 2.33. The van der Waals surface area contributed by atoms with E-state index < -0.39 is 0 Å². The van der Waals surface area contributed by atoms with E-state index in [0.717, 1.165) is 45.0 Å². The van der Waals surface area contributed by atoms with Crippen molar-refractivity contribution in [1.29, 1.82) is 0 Å². The van der Waals surface area contributed by atoms with Crippen molar-refractivity contribution in [2.75, 3.05) is 26.3 Å². The minimum atomic E-state index is -0.0755. The van der Waals surface area contributed by atoms with Gasteiger partial charge in [0.15, 0.2) is 5.82 Å². The Morgan fingerprint density at radius 1 is 1.50 bits per heavy atom. The highest BCUT2D eigenvalue weighted by Crippen LogP contribution is 2.19. The number of hydrogen-bond donors (Lipinski definition) is 1. The van der Waals surface area contributed by atoms with Crippen molar-refractivity contribution in [2.45, 2.75) is 32.0 Å². The van der Waals surface area contributed by atoms with Crippen LogP contribution in [0.2, 0.25) is 0 Å². The van der Waals surface area contributed by atoms with Crippen LogP contribution in [-0.2, 0) is 22.5 Å². The summed E-state index contributed by atoms with van der Waals surface area (Å²) in [6, 6.07) is 0. The van der Waals surface area contributed by atoms with E-state index in [2.05, 4.69) is 22.4 Å². The Morgan fingerprint density at radius 2 is 2.39 bits per heavy atom. The molecule has 18 heavy (non-hydrogen) atoms. The lowest BCUT2D eigenvalue weighted by Gasteiger charge is -2.38. The van der Waals surface area contributed by atoms with Gasteiger partial charge < -0.3 is 19.3 Å². The van der Waals surface area contributed by atoms with Crippen LogP contribution in [0.3, 0.4) is 0 Å². The van der Waals surface area contributed by atoms with Crippen molar-refractivity contribution in [3.05, 3.63) is 11.7 Å². The van der Waals surface area contributed by atoms with Gasteiger partial charge in [0.25, 0.3) is 5.89 Å². The van der Waals surface area contributed by atoms with Gasteiger partial charge in [0.05, 0.1) is 5.60 Å². The van der Waals surface area contributed by atoms with Crippen molar-refractivity contribution >= 4 is 0 Å². The van der Waals surface area contributed by atoms with Crippen molar-refractivity contribution in [2.24, 2.45) is 5.92 Å². The van der Waals surface area contributed by atoms with E-state index in [1.807, 2.05) is 0 Å². The predicted octanol–water partition coefficient (Wildman–Crippen LogP) is 0.527. The molecule has 1 N–H and O–H groups in total. The number of aromatic nitrogens is 2. The van der Waals surface area contributed by atoms with Gasteiger partial charge in [-0.1, -0.05) is 5.16 Å². The molecule has 3 heterocycles. The second-order valence-electron chi connectivity index (χ2n) is 5.38. The molecule has 0 amide bonds. The van der Waals surface area contributed by atoms with Gasteiger partial charge in [-0.25, -0.2) is 0 Å². The molecule has 0 bridgehead atoms. The van der Waals surface area contributed by atoms with Gasteiger partial charge in [0.1, 0.15) is 6.61 Å². The second kappa shape index (κ2) is 4.95. The van der Waals surface area contributed by atoms with E-state index in [9.17, 15) is 0 Å². The lowest BCUT2D eigenvalue weighted by atomic mass is 10.0. The van der Waals surface area contributed by atoms with Gasteiger partial charge in [0, 0.05) is 32.7 Å². The van der Waals surface area contributed by atoms with Crippen LogP contribution in [-0.4, -0.2) is 42.0 Å². The minimum absolute atomic E-state index is 0.0755. The molecule has 1 aromatic rings. The lowest BCUT2D eigenvalue weighted by Crippen LogP contribution is -2.58. The Hall–Kier alpha value is -0.980. The van der Waals surface area contributed by atoms with E-state index in [1.165, 1.54) is 0 Å². The van der Waals surface area contributed by atoms with Crippen LogP contribution in [0.1, 0.15) is 25.1 Å². The van der Waals surface area contributed by atoms with Crippen LogP contribution in [0.25, 0.3) is 0 Å². The molecule has 2 fully saturated rings. The van der Waals surface area contributed by atoms with Gasteiger partial charge in [-0.05, 0) is 19.3 Å². The zero-order chi connectivity index (χ0) is 12.4. The Bertz CT molecular complexity index is 397. The molecule has 1 aromatic heterocycles. The summed E-state index contributed by atoms with van der Waals surface area (Å²) in [6.07, 6.45) is 1.92. The zero-order valence-corrected chi connectivity index (χ0v) is 10.6. The fourth-order valence-corrected chi connectivity index (χ4v) is 2.25. The van der Waals surface area contributed by atoms with E-state index in [4.69, 9.17) is 14.0 Å². The first-order valence-corrected chi connectivity index (χ1v) is 6.47. The highest BCUT2D eigenvalue weighted by atomic mass is 16.5. The third-order valence-electron chi connectivity index (χ3n) is 3.55. The predicted molar refractivity (Wildman–Crippen MR) is 63.0 cm³/mol. The van der Waals surface area contributed by atoms with Gasteiger partial charge in [-0.15, -0.1) is 0 Å². The molecule has 1 unspecified atom stereocenters. The fraction of sp³-hybridized carbons (Fsp3) is 0.833. The summed E-state index contributed by atoms with van der Waals surface area (Å²) in [5.74, 6) is 1.86. The normalized spacial score (nSPS) is 26.2. The van der Waals surface area contributed by atoms with Crippen LogP contribution in [0.15, 0.2) is 4.52 Å². The van der Waals surface area contributed by atoms with Crippen LogP contribution in [0.5, 0.6) is 0 Å². The molecule has 0 radical (unpaired) electrons. The maximum Gasteiger partial charge on any atom is 0.252 e. The van der Waals surface area contributed by atoms with Gasteiger partial charge in [-0.3, -0.25) is 0 Å². The molecule has 2 saturated heterocycles. The molecule has 6 nitrogen and oxygen atoms in total. The number of ether oxygens (including phenoxy) is 2. The third-order valence-corrected chi connectivity index (χ3v) is 3.55. The molecule has 1 atom stereocenters. The smallest absolute Gasteiger partial charge is 0.252 e. The Balaban J connectivity index is 1.49. The number of hydrogen-bond acceptors (Lipinski definition) is 6.